The molecule has 5 heteroatoms. The Balaban J connectivity index is 2.09. The van der Waals surface area contributed by atoms with Gasteiger partial charge in [0, 0.05) is 22.7 Å². The van der Waals surface area contributed by atoms with Crippen molar-refractivity contribution in [1.82, 2.24) is 0 Å². The number of methoxy groups -OCH3 is 1. The van der Waals surface area contributed by atoms with Gasteiger partial charge < -0.3 is 4.74 Å². The smallest absolute Gasteiger partial charge is 0.329 e. The molecule has 1 amide bonds. The molecule has 0 aromatic heterocycles. The minimum absolute atomic E-state index is 0.209. The van der Waals surface area contributed by atoms with Crippen LogP contribution >= 0.6 is 11.6 Å². The third-order valence-electron chi connectivity index (χ3n) is 3.77. The number of carbonyl (C=O) groups excluding carboxylic acids is 2. The van der Waals surface area contributed by atoms with E-state index in [1.165, 1.54) is 12.0 Å². The minimum Gasteiger partial charge on any atom is -0.467 e. The summed E-state index contributed by atoms with van der Waals surface area (Å²) in [5.74, 6) is -0.641. The van der Waals surface area contributed by atoms with E-state index in [0.717, 1.165) is 5.56 Å². The summed E-state index contributed by atoms with van der Waals surface area (Å²) in [6.07, 6.45) is 0.428. The van der Waals surface area contributed by atoms with Crippen molar-refractivity contribution in [3.8, 4) is 0 Å². The molecule has 2 aromatic carbocycles. The molecule has 1 aliphatic rings. The van der Waals surface area contributed by atoms with Crippen molar-refractivity contribution < 1.29 is 14.3 Å². The molecule has 1 atom stereocenters. The SMILES string of the molecule is COC(=O)C1Cc2ccccc2C(=O)N1c1ccc(Cl)cc1. The summed E-state index contributed by atoms with van der Waals surface area (Å²) in [4.78, 5) is 26.4. The van der Waals surface area contributed by atoms with Crippen LogP contribution in [0.2, 0.25) is 5.02 Å². The lowest BCUT2D eigenvalue weighted by molar-refractivity contribution is -0.142. The van der Waals surface area contributed by atoms with Gasteiger partial charge in [0.05, 0.1) is 7.11 Å². The minimum atomic E-state index is -0.673. The number of benzene rings is 2. The van der Waals surface area contributed by atoms with Gasteiger partial charge in [0.2, 0.25) is 0 Å². The zero-order chi connectivity index (χ0) is 15.7. The van der Waals surface area contributed by atoms with Crippen LogP contribution in [0.4, 0.5) is 5.69 Å². The fourth-order valence-corrected chi connectivity index (χ4v) is 2.83. The largest absolute Gasteiger partial charge is 0.467 e. The second-order valence-electron chi connectivity index (χ2n) is 5.05. The number of hydrogen-bond donors (Lipinski definition) is 0. The first-order valence-corrected chi connectivity index (χ1v) is 7.24. The molecule has 0 radical (unpaired) electrons. The fourth-order valence-electron chi connectivity index (χ4n) is 2.70. The van der Waals surface area contributed by atoms with E-state index in [-0.39, 0.29) is 5.91 Å². The van der Waals surface area contributed by atoms with Crippen molar-refractivity contribution >= 4 is 29.2 Å². The van der Waals surface area contributed by atoms with E-state index in [9.17, 15) is 9.59 Å². The third-order valence-corrected chi connectivity index (χ3v) is 4.02. The zero-order valence-electron chi connectivity index (χ0n) is 12.0. The number of halogens is 1. The number of fused-ring (bicyclic) bond motifs is 1. The van der Waals surface area contributed by atoms with E-state index in [4.69, 9.17) is 16.3 Å². The van der Waals surface area contributed by atoms with E-state index in [1.807, 2.05) is 18.2 Å². The van der Waals surface area contributed by atoms with Gasteiger partial charge in [0.1, 0.15) is 6.04 Å². The lowest BCUT2D eigenvalue weighted by Crippen LogP contribution is -2.50. The molecule has 1 aliphatic heterocycles. The molecule has 112 valence electrons. The topological polar surface area (TPSA) is 46.6 Å². The van der Waals surface area contributed by atoms with Crippen LogP contribution in [-0.4, -0.2) is 25.0 Å². The number of carbonyl (C=O) groups is 2. The van der Waals surface area contributed by atoms with Gasteiger partial charge in [-0.05, 0) is 35.9 Å². The molecule has 2 aromatic rings. The van der Waals surface area contributed by atoms with Gasteiger partial charge >= 0.3 is 5.97 Å². The third kappa shape index (κ3) is 2.46. The predicted octanol–water partition coefficient (Wildman–Crippen LogP) is 3.08. The number of ether oxygens (including phenoxy) is 1. The van der Waals surface area contributed by atoms with Crippen LogP contribution in [0.5, 0.6) is 0 Å². The number of hydrogen-bond acceptors (Lipinski definition) is 3. The Morgan fingerprint density at radius 2 is 1.86 bits per heavy atom. The van der Waals surface area contributed by atoms with E-state index in [2.05, 4.69) is 0 Å². The summed E-state index contributed by atoms with van der Waals surface area (Å²) in [6.45, 7) is 0. The lowest BCUT2D eigenvalue weighted by atomic mass is 9.92. The summed E-state index contributed by atoms with van der Waals surface area (Å²) in [5.41, 5.74) is 2.09. The quantitative estimate of drug-likeness (QED) is 0.800. The molecule has 4 nitrogen and oxygen atoms in total. The van der Waals surface area contributed by atoms with Gasteiger partial charge in [-0.1, -0.05) is 29.8 Å². The fraction of sp³-hybridized carbons (Fsp3) is 0.176. The maximum Gasteiger partial charge on any atom is 0.329 e. The van der Waals surface area contributed by atoms with E-state index in [1.54, 1.807) is 30.3 Å². The van der Waals surface area contributed by atoms with Gasteiger partial charge in [-0.15, -0.1) is 0 Å². The van der Waals surface area contributed by atoms with Crippen LogP contribution < -0.4 is 4.90 Å². The molecule has 0 fully saturated rings. The summed E-state index contributed by atoms with van der Waals surface area (Å²) in [7, 11) is 1.33. The van der Waals surface area contributed by atoms with Crippen molar-refractivity contribution in [2.24, 2.45) is 0 Å². The average molecular weight is 316 g/mol. The molecule has 1 unspecified atom stereocenters. The van der Waals surface area contributed by atoms with Crippen LogP contribution in [0.3, 0.4) is 0 Å². The maximum absolute atomic E-state index is 12.8. The molecule has 0 saturated heterocycles. The second kappa shape index (κ2) is 5.81. The summed E-state index contributed by atoms with van der Waals surface area (Å²) in [6, 6.07) is 13.5. The maximum atomic E-state index is 12.8. The first kappa shape index (κ1) is 14.6. The van der Waals surface area contributed by atoms with Gasteiger partial charge in [-0.25, -0.2) is 4.79 Å². The molecule has 1 heterocycles. The second-order valence-corrected chi connectivity index (χ2v) is 5.49. The van der Waals surface area contributed by atoms with Gasteiger partial charge in [-0.3, -0.25) is 9.69 Å². The molecule has 3 rings (SSSR count). The molecule has 22 heavy (non-hydrogen) atoms. The monoisotopic (exact) mass is 315 g/mol. The van der Waals surface area contributed by atoms with Gasteiger partial charge in [0.15, 0.2) is 0 Å². The van der Waals surface area contributed by atoms with E-state index in [0.29, 0.717) is 22.7 Å². The Hall–Kier alpha value is -2.33. The number of rotatable bonds is 2. The van der Waals surface area contributed by atoms with Gasteiger partial charge in [-0.2, -0.15) is 0 Å². The Bertz CT molecular complexity index is 727. The highest BCUT2D eigenvalue weighted by atomic mass is 35.5. The zero-order valence-corrected chi connectivity index (χ0v) is 12.7. The van der Waals surface area contributed by atoms with Crippen LogP contribution in [0, 0.1) is 0 Å². The summed E-state index contributed by atoms with van der Waals surface area (Å²) in [5, 5.41) is 0.572. The normalized spacial score (nSPS) is 17.1. The molecule has 0 N–H and O–H groups in total. The number of amides is 1. The van der Waals surface area contributed by atoms with Gasteiger partial charge in [0.25, 0.3) is 5.91 Å². The molecular weight excluding hydrogens is 302 g/mol. The Morgan fingerprint density at radius 3 is 2.55 bits per heavy atom. The van der Waals surface area contributed by atoms with Crippen molar-refractivity contribution in [1.29, 1.82) is 0 Å². The Kier molecular flexibility index (Phi) is 3.86. The van der Waals surface area contributed by atoms with E-state index < -0.39 is 12.0 Å². The highest BCUT2D eigenvalue weighted by Gasteiger charge is 2.38. The lowest BCUT2D eigenvalue weighted by Gasteiger charge is -2.34. The average Bonchev–Trinajstić information content (AvgIpc) is 2.55. The first-order valence-electron chi connectivity index (χ1n) is 6.86. The number of esters is 1. The van der Waals surface area contributed by atoms with Crippen molar-refractivity contribution in [2.45, 2.75) is 12.5 Å². The van der Waals surface area contributed by atoms with Crippen LogP contribution in [0.15, 0.2) is 48.5 Å². The Labute approximate surface area is 133 Å². The molecule has 0 spiro atoms. The van der Waals surface area contributed by atoms with Crippen molar-refractivity contribution in [3.63, 3.8) is 0 Å². The predicted molar refractivity (Wildman–Crippen MR) is 84.2 cm³/mol. The van der Waals surface area contributed by atoms with Crippen molar-refractivity contribution in [3.05, 3.63) is 64.7 Å². The molecule has 0 bridgehead atoms. The summed E-state index contributed by atoms with van der Waals surface area (Å²) >= 11 is 5.90. The van der Waals surface area contributed by atoms with Crippen LogP contribution in [0.1, 0.15) is 15.9 Å². The van der Waals surface area contributed by atoms with Crippen LogP contribution in [0.25, 0.3) is 0 Å². The Morgan fingerprint density at radius 1 is 1.18 bits per heavy atom. The highest BCUT2D eigenvalue weighted by molar-refractivity contribution is 6.30. The highest BCUT2D eigenvalue weighted by Crippen LogP contribution is 2.29. The van der Waals surface area contributed by atoms with Crippen LogP contribution in [-0.2, 0) is 16.0 Å². The standard InChI is InChI=1S/C17H14ClNO3/c1-22-17(21)15-10-11-4-2-3-5-14(11)16(20)19(15)13-8-6-12(18)7-9-13/h2-9,15H,10H2,1H3. The molecule has 0 saturated carbocycles. The number of nitrogens with zero attached hydrogens (tertiary/aromatic N) is 1. The van der Waals surface area contributed by atoms with Crippen molar-refractivity contribution in [2.75, 3.05) is 12.0 Å². The molecular formula is C17H14ClNO3. The molecule has 0 aliphatic carbocycles. The summed E-state index contributed by atoms with van der Waals surface area (Å²) < 4.78 is 4.87. The number of anilines is 1. The first-order chi connectivity index (χ1) is 10.6. The van der Waals surface area contributed by atoms with E-state index >= 15 is 0 Å².